The van der Waals surface area contributed by atoms with Gasteiger partial charge in [-0.15, -0.1) is 0 Å². The number of aliphatic hydroxyl groups is 1. The van der Waals surface area contributed by atoms with Gasteiger partial charge in [-0.3, -0.25) is 0 Å². The van der Waals surface area contributed by atoms with Gasteiger partial charge >= 0.3 is 0 Å². The lowest BCUT2D eigenvalue weighted by Gasteiger charge is -2.38. The monoisotopic (exact) mass is 547 g/mol. The Morgan fingerprint density at radius 2 is 1.25 bits per heavy atom. The van der Waals surface area contributed by atoms with Crippen LogP contribution in [0.1, 0.15) is 89.1 Å². The molecule has 0 heterocycles. The third-order valence-electron chi connectivity index (χ3n) is 7.66. The molecule has 0 fully saturated rings. The molecule has 0 bridgehead atoms. The summed E-state index contributed by atoms with van der Waals surface area (Å²) in [6.45, 7) is 15.7. The molecule has 3 rings (SSSR count). The van der Waals surface area contributed by atoms with Crippen molar-refractivity contribution in [1.29, 1.82) is 0 Å². The van der Waals surface area contributed by atoms with Gasteiger partial charge in [0.1, 0.15) is 22.8 Å². The van der Waals surface area contributed by atoms with E-state index in [0.29, 0.717) is 35.7 Å². The molecule has 3 aromatic carbocycles. The van der Waals surface area contributed by atoms with E-state index in [1.54, 1.807) is 14.2 Å². The normalized spacial score (nSPS) is 13.2. The minimum Gasteiger partial charge on any atom is -0.496 e. The number of methoxy groups -OCH3 is 2. The number of rotatable bonds is 11. The molecular weight excluding hydrogens is 498 g/mol. The highest BCUT2D eigenvalue weighted by atomic mass is 16.5. The third kappa shape index (κ3) is 6.82. The van der Waals surface area contributed by atoms with Gasteiger partial charge in [0.2, 0.25) is 0 Å². The summed E-state index contributed by atoms with van der Waals surface area (Å²) in [5, 5.41) is 13.1. The van der Waals surface area contributed by atoms with Gasteiger partial charge < -0.3 is 25.1 Å². The first-order valence-corrected chi connectivity index (χ1v) is 14.3. The van der Waals surface area contributed by atoms with Crippen molar-refractivity contribution in [2.45, 2.75) is 90.2 Å². The van der Waals surface area contributed by atoms with Gasteiger partial charge in [-0.2, -0.15) is 0 Å². The Kier molecular flexibility index (Phi) is 9.97. The molecule has 5 nitrogen and oxygen atoms in total. The second-order valence-electron chi connectivity index (χ2n) is 12.7. The number of hydrogen-bond acceptors (Lipinski definition) is 5. The van der Waals surface area contributed by atoms with Crippen LogP contribution in [0, 0.1) is 0 Å². The van der Waals surface area contributed by atoms with E-state index in [9.17, 15) is 5.11 Å². The summed E-state index contributed by atoms with van der Waals surface area (Å²) in [5.41, 5.74) is 9.50. The maximum atomic E-state index is 13.1. The van der Waals surface area contributed by atoms with Crippen molar-refractivity contribution in [3.8, 4) is 17.2 Å². The molecule has 0 aliphatic heterocycles. The fraction of sp³-hybridized carbons (Fsp3) is 0.486. The summed E-state index contributed by atoms with van der Waals surface area (Å²) in [4.78, 5) is 0. The molecule has 0 aliphatic carbocycles. The average Bonchev–Trinajstić information content (AvgIpc) is 2.91. The number of unbranched alkanes of at least 4 members (excludes halogenated alkanes) is 1. The van der Waals surface area contributed by atoms with Crippen molar-refractivity contribution >= 4 is 0 Å². The first-order chi connectivity index (χ1) is 18.8. The van der Waals surface area contributed by atoms with E-state index >= 15 is 0 Å². The van der Waals surface area contributed by atoms with Gasteiger partial charge in [0.05, 0.1) is 20.8 Å². The van der Waals surface area contributed by atoms with Gasteiger partial charge in [0, 0.05) is 17.2 Å². The first-order valence-electron chi connectivity index (χ1n) is 14.3. The second kappa shape index (κ2) is 12.7. The van der Waals surface area contributed by atoms with Gasteiger partial charge in [0.15, 0.2) is 0 Å². The lowest BCUT2D eigenvalue weighted by molar-refractivity contribution is 0.0462. The summed E-state index contributed by atoms with van der Waals surface area (Å²) in [7, 11) is 3.25. The van der Waals surface area contributed by atoms with Crippen LogP contribution in [0.15, 0.2) is 60.7 Å². The van der Waals surface area contributed by atoms with Gasteiger partial charge in [-0.1, -0.05) is 85.2 Å². The van der Waals surface area contributed by atoms with Crippen molar-refractivity contribution in [1.82, 2.24) is 0 Å². The molecule has 40 heavy (non-hydrogen) atoms. The molecule has 0 saturated carbocycles. The summed E-state index contributed by atoms with van der Waals surface area (Å²) in [6, 6.07) is 19.2. The van der Waals surface area contributed by atoms with E-state index in [1.807, 2.05) is 60.7 Å². The van der Waals surface area contributed by atoms with Crippen LogP contribution in [-0.2, 0) is 22.9 Å². The maximum Gasteiger partial charge on any atom is 0.137 e. The zero-order chi connectivity index (χ0) is 29.7. The van der Waals surface area contributed by atoms with E-state index < -0.39 is 11.6 Å². The molecule has 3 N–H and O–H groups in total. The van der Waals surface area contributed by atoms with E-state index in [-0.39, 0.29) is 10.8 Å². The molecule has 1 atom stereocenters. The fourth-order valence-corrected chi connectivity index (χ4v) is 5.01. The third-order valence-corrected chi connectivity index (χ3v) is 7.66. The Labute approximate surface area is 241 Å². The zero-order valence-electron chi connectivity index (χ0n) is 25.9. The van der Waals surface area contributed by atoms with Crippen LogP contribution >= 0.6 is 0 Å². The maximum absolute atomic E-state index is 13.1. The minimum atomic E-state index is -1.64. The topological polar surface area (TPSA) is 73.9 Å². The molecule has 0 radical (unpaired) electrons. The number of para-hydroxylation sites is 1. The Morgan fingerprint density at radius 3 is 1.70 bits per heavy atom. The Morgan fingerprint density at radius 1 is 0.750 bits per heavy atom. The van der Waals surface area contributed by atoms with E-state index in [2.05, 4.69) is 48.5 Å². The van der Waals surface area contributed by atoms with Crippen LogP contribution in [0.3, 0.4) is 0 Å². The Balaban J connectivity index is 2.30. The molecule has 218 valence electrons. The molecule has 0 spiro atoms. The van der Waals surface area contributed by atoms with Crippen molar-refractivity contribution in [3.05, 3.63) is 88.5 Å². The second-order valence-corrected chi connectivity index (χ2v) is 12.7. The molecular formula is C35H49NO4. The number of benzene rings is 3. The van der Waals surface area contributed by atoms with E-state index in [1.165, 1.54) is 0 Å². The lowest BCUT2D eigenvalue weighted by atomic mass is 9.73. The SMILES string of the molecule is CCCCOc1ccccc1CC(N)C(O)(c1cc(C(C)(C)C)ccc1OC)c1cc(C(C)(C)C)ccc1OC. The van der Waals surface area contributed by atoms with E-state index in [0.717, 1.165) is 35.3 Å². The largest absolute Gasteiger partial charge is 0.496 e. The molecule has 3 aromatic rings. The predicted molar refractivity (Wildman–Crippen MR) is 165 cm³/mol. The lowest BCUT2D eigenvalue weighted by Crippen LogP contribution is -2.48. The van der Waals surface area contributed by atoms with Crippen LogP contribution in [-0.4, -0.2) is 32.0 Å². The number of ether oxygens (including phenoxy) is 3. The smallest absolute Gasteiger partial charge is 0.137 e. The summed E-state index contributed by atoms with van der Waals surface area (Å²) in [5.74, 6) is 1.93. The molecule has 1 unspecified atom stereocenters. The Hall–Kier alpha value is -3.02. The highest BCUT2D eigenvalue weighted by molar-refractivity contribution is 5.55. The van der Waals surface area contributed by atoms with Crippen LogP contribution in [0.5, 0.6) is 17.2 Å². The average molecular weight is 548 g/mol. The minimum absolute atomic E-state index is 0.150. The number of hydrogen-bond donors (Lipinski definition) is 2. The van der Waals surface area contributed by atoms with Crippen LogP contribution in [0.25, 0.3) is 0 Å². The zero-order valence-corrected chi connectivity index (χ0v) is 25.9. The van der Waals surface area contributed by atoms with Crippen LogP contribution < -0.4 is 19.9 Å². The van der Waals surface area contributed by atoms with Gasteiger partial charge in [-0.25, -0.2) is 0 Å². The van der Waals surface area contributed by atoms with Gasteiger partial charge in [0.25, 0.3) is 0 Å². The summed E-state index contributed by atoms with van der Waals surface area (Å²) in [6.07, 6.45) is 2.40. The highest BCUT2D eigenvalue weighted by Crippen LogP contribution is 2.45. The van der Waals surface area contributed by atoms with Crippen LogP contribution in [0.4, 0.5) is 0 Å². The van der Waals surface area contributed by atoms with Crippen molar-refractivity contribution < 1.29 is 19.3 Å². The first kappa shape index (κ1) is 31.5. The van der Waals surface area contributed by atoms with Crippen LogP contribution in [0.2, 0.25) is 0 Å². The summed E-state index contributed by atoms with van der Waals surface area (Å²) >= 11 is 0. The predicted octanol–water partition coefficient (Wildman–Crippen LogP) is 7.28. The molecule has 0 saturated heterocycles. The summed E-state index contributed by atoms with van der Waals surface area (Å²) < 4.78 is 17.9. The fourth-order valence-electron chi connectivity index (χ4n) is 5.01. The molecule has 0 aliphatic rings. The molecule has 0 amide bonds. The van der Waals surface area contributed by atoms with Gasteiger partial charge in [-0.05, 0) is 70.7 Å². The van der Waals surface area contributed by atoms with Crippen molar-refractivity contribution in [2.24, 2.45) is 5.73 Å². The van der Waals surface area contributed by atoms with Crippen molar-refractivity contribution in [3.63, 3.8) is 0 Å². The molecule has 0 aromatic heterocycles. The van der Waals surface area contributed by atoms with Crippen molar-refractivity contribution in [2.75, 3.05) is 20.8 Å². The standard InChI is InChI=1S/C35H49NO4/c1-10-11-20-40-29-15-13-12-14-24(29)21-32(36)35(37,27-22-25(33(2,3)4)16-18-30(27)38-8)28-23-26(34(5,6)7)17-19-31(28)39-9/h12-19,22-23,32,37H,10-11,20-21,36H2,1-9H3. The van der Waals surface area contributed by atoms with E-state index in [4.69, 9.17) is 19.9 Å². The number of nitrogens with two attached hydrogens (primary N) is 1. The molecule has 5 heteroatoms. The quantitative estimate of drug-likeness (QED) is 0.247. The highest BCUT2D eigenvalue weighted by Gasteiger charge is 2.44. The Bertz CT molecular complexity index is 1200.